The third kappa shape index (κ3) is 2.21. The Morgan fingerprint density at radius 2 is 2.07 bits per heavy atom. The standard InChI is InChI=1S/C22H15NO5/c1-3-6-12-19-13(9-10-26-19)20(25-2)17-18(24)14-11-23-15-7-4-5-8-16(15)27-22(14)28-21(12)17/h3-5,7-11H,1,6H2,2H3. The van der Waals surface area contributed by atoms with E-state index in [9.17, 15) is 4.79 Å². The minimum atomic E-state index is -0.280. The number of aliphatic imine (C=N–C) groups is 1. The van der Waals surface area contributed by atoms with Crippen molar-refractivity contribution < 1.29 is 18.3 Å². The number of methoxy groups -OCH3 is 1. The highest BCUT2D eigenvalue weighted by Crippen LogP contribution is 2.42. The van der Waals surface area contributed by atoms with Gasteiger partial charge in [-0.1, -0.05) is 18.2 Å². The number of furan rings is 1. The fraction of sp³-hybridized carbons (Fsp3) is 0.0909. The molecule has 0 atom stereocenters. The molecule has 6 heteroatoms. The van der Waals surface area contributed by atoms with Crippen LogP contribution in [0, 0.1) is 0 Å². The summed E-state index contributed by atoms with van der Waals surface area (Å²) in [5.74, 6) is 0.999. The van der Waals surface area contributed by atoms with Crippen LogP contribution in [0.4, 0.5) is 5.69 Å². The lowest BCUT2D eigenvalue weighted by Gasteiger charge is -2.13. The van der Waals surface area contributed by atoms with Gasteiger partial charge in [0.05, 0.1) is 18.8 Å². The average molecular weight is 373 g/mol. The number of rotatable bonds is 3. The molecule has 138 valence electrons. The van der Waals surface area contributed by atoms with E-state index in [1.54, 1.807) is 30.5 Å². The highest BCUT2D eigenvalue weighted by Gasteiger charge is 2.26. The van der Waals surface area contributed by atoms with E-state index in [1.165, 1.54) is 13.3 Å². The molecule has 0 N–H and O–H groups in total. The molecule has 0 fully saturated rings. The van der Waals surface area contributed by atoms with Gasteiger partial charge in [-0.2, -0.15) is 0 Å². The second kappa shape index (κ2) is 6.13. The molecule has 1 aliphatic heterocycles. The quantitative estimate of drug-likeness (QED) is 0.410. The van der Waals surface area contributed by atoms with Gasteiger partial charge in [-0.25, -0.2) is 0 Å². The molecule has 1 aliphatic rings. The lowest BCUT2D eigenvalue weighted by Crippen LogP contribution is -2.12. The molecule has 2 aromatic heterocycles. The fourth-order valence-corrected chi connectivity index (χ4v) is 3.52. The molecule has 28 heavy (non-hydrogen) atoms. The predicted octanol–water partition coefficient (Wildman–Crippen LogP) is 5.13. The Morgan fingerprint density at radius 1 is 1.21 bits per heavy atom. The molecule has 0 unspecified atom stereocenters. The van der Waals surface area contributed by atoms with E-state index in [2.05, 4.69) is 11.6 Å². The summed E-state index contributed by atoms with van der Waals surface area (Å²) in [6.45, 7) is 3.81. The maximum atomic E-state index is 13.4. The summed E-state index contributed by atoms with van der Waals surface area (Å²) in [4.78, 5) is 17.8. The second-order valence-corrected chi connectivity index (χ2v) is 6.33. The third-order valence-corrected chi connectivity index (χ3v) is 4.75. The Kier molecular flexibility index (Phi) is 3.58. The van der Waals surface area contributed by atoms with Crippen LogP contribution in [0.1, 0.15) is 11.1 Å². The molecule has 5 rings (SSSR count). The largest absolute Gasteiger partial charge is 0.495 e. The number of nitrogens with zero attached hydrogens (tertiary/aromatic N) is 1. The number of hydrogen-bond donors (Lipinski definition) is 0. The third-order valence-electron chi connectivity index (χ3n) is 4.75. The van der Waals surface area contributed by atoms with Gasteiger partial charge in [0, 0.05) is 11.8 Å². The van der Waals surface area contributed by atoms with Crippen LogP contribution in [0.2, 0.25) is 0 Å². The molecule has 0 amide bonds. The first-order valence-corrected chi connectivity index (χ1v) is 8.71. The summed E-state index contributed by atoms with van der Waals surface area (Å²) in [5.41, 5.74) is 2.23. The summed E-state index contributed by atoms with van der Waals surface area (Å²) in [6, 6.07) is 9.02. The molecule has 0 bridgehead atoms. The van der Waals surface area contributed by atoms with Crippen molar-refractivity contribution in [1.29, 1.82) is 0 Å². The van der Waals surface area contributed by atoms with Crippen molar-refractivity contribution in [2.75, 3.05) is 7.11 Å². The Labute approximate surface area is 159 Å². The molecule has 0 aliphatic carbocycles. The van der Waals surface area contributed by atoms with Gasteiger partial charge < -0.3 is 18.3 Å². The number of ether oxygens (including phenoxy) is 2. The summed E-state index contributed by atoms with van der Waals surface area (Å²) in [6.07, 6.45) is 5.21. The van der Waals surface area contributed by atoms with Crippen molar-refractivity contribution in [1.82, 2.24) is 0 Å². The Bertz CT molecular complexity index is 1340. The molecular weight excluding hydrogens is 358 g/mol. The lowest BCUT2D eigenvalue weighted by atomic mass is 10.0. The molecule has 4 aromatic rings. The van der Waals surface area contributed by atoms with Gasteiger partial charge in [-0.15, -0.1) is 6.58 Å². The van der Waals surface area contributed by atoms with Gasteiger partial charge >= 0.3 is 5.95 Å². The first kappa shape index (κ1) is 16.4. The Morgan fingerprint density at radius 3 is 2.89 bits per heavy atom. The van der Waals surface area contributed by atoms with E-state index >= 15 is 0 Å². The van der Waals surface area contributed by atoms with Crippen molar-refractivity contribution in [2.45, 2.75) is 6.42 Å². The van der Waals surface area contributed by atoms with Crippen LogP contribution in [-0.4, -0.2) is 13.3 Å². The molecule has 0 saturated carbocycles. The van der Waals surface area contributed by atoms with Gasteiger partial charge in [0.1, 0.15) is 28.0 Å². The lowest BCUT2D eigenvalue weighted by molar-refractivity contribution is 0.353. The zero-order valence-corrected chi connectivity index (χ0v) is 15.0. The monoisotopic (exact) mass is 373 g/mol. The maximum Gasteiger partial charge on any atom is 0.303 e. The van der Waals surface area contributed by atoms with Crippen LogP contribution in [0.15, 0.2) is 67.9 Å². The number of allylic oxidation sites excluding steroid dienone is 1. The highest BCUT2D eigenvalue weighted by atomic mass is 16.6. The van der Waals surface area contributed by atoms with Gasteiger partial charge in [0.25, 0.3) is 0 Å². The van der Waals surface area contributed by atoms with Crippen LogP contribution < -0.4 is 14.9 Å². The van der Waals surface area contributed by atoms with Crippen LogP contribution in [-0.2, 0) is 6.42 Å². The second-order valence-electron chi connectivity index (χ2n) is 6.33. The summed E-state index contributed by atoms with van der Waals surface area (Å²) < 4.78 is 23.2. The first-order chi connectivity index (χ1) is 13.7. The minimum absolute atomic E-state index is 0.0875. The molecule has 3 heterocycles. The zero-order valence-electron chi connectivity index (χ0n) is 15.0. The topological polar surface area (TPSA) is 74.2 Å². The number of fused-ring (bicyclic) bond motifs is 4. The number of benzene rings is 2. The van der Waals surface area contributed by atoms with Crippen LogP contribution in [0.25, 0.3) is 21.9 Å². The Hall–Kier alpha value is -3.80. The van der Waals surface area contributed by atoms with E-state index in [-0.39, 0.29) is 16.9 Å². The van der Waals surface area contributed by atoms with Crippen molar-refractivity contribution in [3.8, 4) is 17.4 Å². The SMILES string of the molecule is C=CCc1c2occc2c(OC)c2c(=O)c3c(oc12)Oc1ccccc1N=C3. The van der Waals surface area contributed by atoms with Crippen molar-refractivity contribution in [2.24, 2.45) is 4.99 Å². The molecular formula is C22H15NO5. The summed E-state index contributed by atoms with van der Waals surface area (Å²) in [5, 5.41) is 1.03. The van der Waals surface area contributed by atoms with Gasteiger partial charge in [0.15, 0.2) is 11.3 Å². The molecule has 0 saturated heterocycles. The Balaban J connectivity index is 1.93. The molecule has 6 nitrogen and oxygen atoms in total. The highest BCUT2D eigenvalue weighted by molar-refractivity contribution is 6.06. The molecule has 0 radical (unpaired) electrons. The van der Waals surface area contributed by atoms with Crippen molar-refractivity contribution >= 4 is 33.8 Å². The van der Waals surface area contributed by atoms with Gasteiger partial charge in [-0.05, 0) is 24.6 Å². The van der Waals surface area contributed by atoms with E-state index in [0.29, 0.717) is 51.1 Å². The van der Waals surface area contributed by atoms with E-state index < -0.39 is 0 Å². The van der Waals surface area contributed by atoms with Crippen LogP contribution >= 0.6 is 0 Å². The summed E-state index contributed by atoms with van der Waals surface area (Å²) >= 11 is 0. The van der Waals surface area contributed by atoms with Gasteiger partial charge in [0.2, 0.25) is 5.43 Å². The normalized spacial score (nSPS) is 12.3. The van der Waals surface area contributed by atoms with Crippen LogP contribution in [0.3, 0.4) is 0 Å². The van der Waals surface area contributed by atoms with E-state index in [0.717, 1.165) is 0 Å². The van der Waals surface area contributed by atoms with E-state index in [1.807, 2.05) is 12.1 Å². The minimum Gasteiger partial charge on any atom is -0.495 e. The first-order valence-electron chi connectivity index (χ1n) is 8.71. The number of hydrogen-bond acceptors (Lipinski definition) is 6. The van der Waals surface area contributed by atoms with E-state index in [4.69, 9.17) is 18.3 Å². The molecule has 2 aromatic carbocycles. The van der Waals surface area contributed by atoms with Crippen molar-refractivity contribution in [3.05, 3.63) is 70.6 Å². The number of para-hydroxylation sites is 2. The predicted molar refractivity (Wildman–Crippen MR) is 106 cm³/mol. The fourth-order valence-electron chi connectivity index (χ4n) is 3.52. The summed E-state index contributed by atoms with van der Waals surface area (Å²) in [7, 11) is 1.51. The van der Waals surface area contributed by atoms with Gasteiger partial charge in [-0.3, -0.25) is 9.79 Å². The van der Waals surface area contributed by atoms with Crippen molar-refractivity contribution in [3.63, 3.8) is 0 Å². The molecule has 0 spiro atoms. The maximum absolute atomic E-state index is 13.4. The average Bonchev–Trinajstić information content (AvgIpc) is 3.10. The zero-order chi connectivity index (χ0) is 19.3. The smallest absolute Gasteiger partial charge is 0.303 e. The van der Waals surface area contributed by atoms with Crippen LogP contribution in [0.5, 0.6) is 17.4 Å².